The third-order valence-corrected chi connectivity index (χ3v) is 5.34. The molecule has 3 aromatic rings. The molecule has 0 atom stereocenters. The van der Waals surface area contributed by atoms with Crippen molar-refractivity contribution in [2.24, 2.45) is 0 Å². The van der Waals surface area contributed by atoms with Gasteiger partial charge < -0.3 is 15.6 Å². The number of hydrogen-bond donors (Lipinski definition) is 3. The Bertz CT molecular complexity index is 1030. The average Bonchev–Trinajstić information content (AvgIpc) is 3.08. The van der Waals surface area contributed by atoms with Crippen molar-refractivity contribution in [2.75, 3.05) is 12.4 Å². The Labute approximate surface area is 169 Å². The van der Waals surface area contributed by atoms with Crippen LogP contribution in [0.1, 0.15) is 40.0 Å². The largest absolute Gasteiger partial charge is 0.365 e. The summed E-state index contributed by atoms with van der Waals surface area (Å²) < 4.78 is 0. The summed E-state index contributed by atoms with van der Waals surface area (Å²) in [6.07, 6.45) is 4.89. The Morgan fingerprint density at radius 1 is 1.21 bits per heavy atom. The van der Waals surface area contributed by atoms with Crippen LogP contribution in [0.2, 0.25) is 0 Å². The van der Waals surface area contributed by atoms with Gasteiger partial charge >= 0.3 is 0 Å². The molecule has 2 aromatic heterocycles. The normalized spacial score (nSPS) is 13.1. The summed E-state index contributed by atoms with van der Waals surface area (Å²) in [5, 5.41) is 6.47. The molecule has 0 aliphatic heterocycles. The highest BCUT2D eigenvalue weighted by atomic mass is 32.1. The number of ketones is 1. The standard InChI is InChI=1S/C22H22N4OS/c1-23-22(28)26-19-13-15(10-11-24-19)21-16(12-14-6-3-2-4-7-14)20-17(25-21)8-5-9-18(20)27/h2-4,6-7,10-11,13,25H,5,8-9,12H2,1H3,(H2,23,24,26,28). The van der Waals surface area contributed by atoms with Gasteiger partial charge in [-0.05, 0) is 48.3 Å². The lowest BCUT2D eigenvalue weighted by Gasteiger charge is -2.12. The van der Waals surface area contributed by atoms with Crippen molar-refractivity contribution in [1.29, 1.82) is 0 Å². The Morgan fingerprint density at radius 3 is 2.82 bits per heavy atom. The van der Waals surface area contributed by atoms with E-state index in [9.17, 15) is 4.79 Å². The first kappa shape index (κ1) is 18.4. The number of nitrogens with one attached hydrogen (secondary N) is 3. The topological polar surface area (TPSA) is 69.8 Å². The number of aryl methyl sites for hydroxylation is 1. The van der Waals surface area contributed by atoms with Crippen LogP contribution in [0.4, 0.5) is 5.82 Å². The van der Waals surface area contributed by atoms with Gasteiger partial charge in [-0.15, -0.1) is 0 Å². The molecule has 0 spiro atoms. The van der Waals surface area contributed by atoms with Crippen LogP contribution in [0.3, 0.4) is 0 Å². The molecule has 1 aromatic carbocycles. The van der Waals surface area contributed by atoms with Gasteiger partial charge in [0.05, 0.1) is 5.69 Å². The number of aromatic nitrogens is 2. The number of pyridine rings is 1. The monoisotopic (exact) mass is 390 g/mol. The summed E-state index contributed by atoms with van der Waals surface area (Å²) in [4.78, 5) is 20.6. The molecular formula is C22H22N4OS. The van der Waals surface area contributed by atoms with E-state index in [0.29, 0.717) is 23.8 Å². The second kappa shape index (κ2) is 7.94. The van der Waals surface area contributed by atoms with E-state index in [2.05, 4.69) is 32.7 Å². The fraction of sp³-hybridized carbons (Fsp3) is 0.227. The molecule has 0 fully saturated rings. The van der Waals surface area contributed by atoms with Gasteiger partial charge in [0.25, 0.3) is 0 Å². The van der Waals surface area contributed by atoms with Crippen LogP contribution in [0.15, 0.2) is 48.7 Å². The molecule has 0 bridgehead atoms. The number of rotatable bonds is 4. The van der Waals surface area contributed by atoms with Gasteiger partial charge in [-0.2, -0.15) is 0 Å². The van der Waals surface area contributed by atoms with E-state index in [1.807, 2.05) is 30.3 Å². The number of carbonyl (C=O) groups excluding carboxylic acids is 1. The molecule has 0 saturated heterocycles. The number of benzene rings is 1. The van der Waals surface area contributed by atoms with Crippen molar-refractivity contribution in [2.45, 2.75) is 25.7 Å². The van der Waals surface area contributed by atoms with Gasteiger partial charge in [0.1, 0.15) is 5.82 Å². The molecule has 3 N–H and O–H groups in total. The van der Waals surface area contributed by atoms with E-state index in [-0.39, 0.29) is 5.78 Å². The predicted molar refractivity (Wildman–Crippen MR) is 116 cm³/mol. The van der Waals surface area contributed by atoms with Gasteiger partial charge in [-0.3, -0.25) is 4.79 Å². The van der Waals surface area contributed by atoms with Crippen molar-refractivity contribution in [3.8, 4) is 11.3 Å². The highest BCUT2D eigenvalue weighted by molar-refractivity contribution is 7.80. The minimum Gasteiger partial charge on any atom is -0.365 e. The molecule has 6 heteroatoms. The fourth-order valence-corrected chi connectivity index (χ4v) is 3.83. The number of fused-ring (bicyclic) bond motifs is 1. The van der Waals surface area contributed by atoms with E-state index in [0.717, 1.165) is 40.9 Å². The third kappa shape index (κ3) is 3.68. The highest BCUT2D eigenvalue weighted by Crippen LogP contribution is 2.35. The van der Waals surface area contributed by atoms with Crippen LogP contribution in [0, 0.1) is 0 Å². The van der Waals surface area contributed by atoms with Crippen molar-refractivity contribution in [1.82, 2.24) is 15.3 Å². The van der Waals surface area contributed by atoms with Crippen molar-refractivity contribution in [3.63, 3.8) is 0 Å². The number of aromatic amines is 1. The predicted octanol–water partition coefficient (Wildman–Crippen LogP) is 4.10. The summed E-state index contributed by atoms with van der Waals surface area (Å²) in [7, 11) is 1.77. The molecule has 0 saturated carbocycles. The number of anilines is 1. The van der Waals surface area contributed by atoms with E-state index in [1.165, 1.54) is 5.56 Å². The van der Waals surface area contributed by atoms with Crippen LogP contribution in [0.25, 0.3) is 11.3 Å². The molecule has 1 aliphatic rings. The lowest BCUT2D eigenvalue weighted by molar-refractivity contribution is 0.0971. The average molecular weight is 391 g/mol. The van der Waals surface area contributed by atoms with E-state index >= 15 is 0 Å². The summed E-state index contributed by atoms with van der Waals surface area (Å²) in [6.45, 7) is 0. The smallest absolute Gasteiger partial charge is 0.171 e. The van der Waals surface area contributed by atoms with Crippen LogP contribution >= 0.6 is 12.2 Å². The van der Waals surface area contributed by atoms with Crippen LogP contribution < -0.4 is 10.6 Å². The summed E-state index contributed by atoms with van der Waals surface area (Å²) in [5.41, 5.74) is 6.16. The van der Waals surface area contributed by atoms with E-state index in [1.54, 1.807) is 13.2 Å². The van der Waals surface area contributed by atoms with Crippen LogP contribution in [0.5, 0.6) is 0 Å². The van der Waals surface area contributed by atoms with Crippen LogP contribution in [-0.4, -0.2) is 27.9 Å². The number of nitrogens with zero attached hydrogens (tertiary/aromatic N) is 1. The first-order valence-electron chi connectivity index (χ1n) is 9.41. The number of hydrogen-bond acceptors (Lipinski definition) is 3. The first-order chi connectivity index (χ1) is 13.7. The zero-order valence-corrected chi connectivity index (χ0v) is 16.5. The maximum Gasteiger partial charge on any atom is 0.171 e. The third-order valence-electron chi connectivity index (χ3n) is 5.03. The van der Waals surface area contributed by atoms with Gasteiger partial charge in [0, 0.05) is 42.9 Å². The number of Topliss-reactive ketones (excluding diaryl/α,β-unsaturated/α-hetero) is 1. The van der Waals surface area contributed by atoms with Gasteiger partial charge in [-0.1, -0.05) is 30.3 Å². The Hall–Kier alpha value is -2.99. The number of carbonyl (C=O) groups is 1. The molecule has 142 valence electrons. The molecule has 2 heterocycles. The molecule has 4 rings (SSSR count). The van der Waals surface area contributed by atoms with Crippen LogP contribution in [-0.2, 0) is 12.8 Å². The Balaban J connectivity index is 1.79. The Morgan fingerprint density at radius 2 is 2.04 bits per heavy atom. The van der Waals surface area contributed by atoms with E-state index < -0.39 is 0 Å². The molecule has 28 heavy (non-hydrogen) atoms. The minimum atomic E-state index is 0.235. The maximum atomic E-state index is 12.7. The number of H-pyrrole nitrogens is 1. The van der Waals surface area contributed by atoms with E-state index in [4.69, 9.17) is 12.2 Å². The summed E-state index contributed by atoms with van der Waals surface area (Å²) >= 11 is 5.18. The molecule has 0 amide bonds. The second-order valence-corrected chi connectivity index (χ2v) is 7.31. The zero-order valence-electron chi connectivity index (χ0n) is 15.7. The van der Waals surface area contributed by atoms with Gasteiger partial charge in [-0.25, -0.2) is 4.98 Å². The fourth-order valence-electron chi connectivity index (χ4n) is 3.73. The molecular weight excluding hydrogens is 368 g/mol. The summed E-state index contributed by atoms with van der Waals surface area (Å²) in [5.74, 6) is 0.903. The second-order valence-electron chi connectivity index (χ2n) is 6.91. The highest BCUT2D eigenvalue weighted by Gasteiger charge is 2.26. The first-order valence-corrected chi connectivity index (χ1v) is 9.82. The van der Waals surface area contributed by atoms with Crippen molar-refractivity contribution in [3.05, 3.63) is 71.0 Å². The zero-order chi connectivity index (χ0) is 19.5. The SMILES string of the molecule is CNC(=S)Nc1cc(-c2[nH]c3c(c2Cc2ccccc2)C(=O)CCC3)ccn1. The molecule has 0 radical (unpaired) electrons. The Kier molecular flexibility index (Phi) is 5.21. The van der Waals surface area contributed by atoms with Crippen molar-refractivity contribution < 1.29 is 4.79 Å². The molecule has 1 aliphatic carbocycles. The minimum absolute atomic E-state index is 0.235. The lowest BCUT2D eigenvalue weighted by atomic mass is 9.90. The number of thiocarbonyl (C=S) groups is 1. The molecule has 5 nitrogen and oxygen atoms in total. The quantitative estimate of drug-likeness (QED) is 0.585. The molecule has 0 unspecified atom stereocenters. The van der Waals surface area contributed by atoms with Gasteiger partial charge in [0.15, 0.2) is 10.9 Å². The van der Waals surface area contributed by atoms with Crippen molar-refractivity contribution >= 4 is 28.9 Å². The summed E-state index contributed by atoms with van der Waals surface area (Å²) in [6, 6.07) is 14.2. The van der Waals surface area contributed by atoms with Gasteiger partial charge in [0.2, 0.25) is 0 Å². The maximum absolute atomic E-state index is 12.7. The lowest BCUT2D eigenvalue weighted by Crippen LogP contribution is -2.24.